The van der Waals surface area contributed by atoms with Crippen molar-refractivity contribution in [3.05, 3.63) is 18.0 Å². The molecule has 0 bridgehead atoms. The van der Waals surface area contributed by atoms with Crippen LogP contribution in [0.25, 0.3) is 0 Å². The highest BCUT2D eigenvalue weighted by Crippen LogP contribution is 2.37. The fourth-order valence-corrected chi connectivity index (χ4v) is 3.93. The summed E-state index contributed by atoms with van der Waals surface area (Å²) in [5, 5.41) is 0. The van der Waals surface area contributed by atoms with Crippen molar-refractivity contribution in [1.29, 1.82) is 0 Å². The van der Waals surface area contributed by atoms with Gasteiger partial charge in [0.25, 0.3) is 0 Å². The van der Waals surface area contributed by atoms with Crippen molar-refractivity contribution < 1.29 is 8.42 Å². The molecular formula is C13H23N3O2S. The molecular weight excluding hydrogens is 262 g/mol. The van der Waals surface area contributed by atoms with E-state index in [-0.39, 0.29) is 0 Å². The summed E-state index contributed by atoms with van der Waals surface area (Å²) in [6.07, 6.45) is 4.81. The van der Waals surface area contributed by atoms with Crippen LogP contribution in [0.4, 0.5) is 0 Å². The van der Waals surface area contributed by atoms with Crippen LogP contribution in [0.1, 0.15) is 44.8 Å². The Morgan fingerprint density at radius 2 is 2.11 bits per heavy atom. The van der Waals surface area contributed by atoms with E-state index in [2.05, 4.69) is 0 Å². The van der Waals surface area contributed by atoms with Gasteiger partial charge in [-0.05, 0) is 25.3 Å². The van der Waals surface area contributed by atoms with Crippen molar-refractivity contribution in [1.82, 2.24) is 8.87 Å². The van der Waals surface area contributed by atoms with Gasteiger partial charge in [-0.25, -0.2) is 8.42 Å². The molecule has 0 aliphatic heterocycles. The van der Waals surface area contributed by atoms with Gasteiger partial charge in [0.15, 0.2) is 0 Å². The standard InChI is InChI=1S/C13H23N3O2S/c1-3-7-15(4-2)19(17,18)13-8-12(9-14)16(10-13)11-5-6-11/h8,10-11H,3-7,9,14H2,1-2H3. The van der Waals surface area contributed by atoms with Gasteiger partial charge in [0.2, 0.25) is 10.0 Å². The Kier molecular flexibility index (Phi) is 4.32. The van der Waals surface area contributed by atoms with Crippen LogP contribution in [-0.2, 0) is 16.6 Å². The summed E-state index contributed by atoms with van der Waals surface area (Å²) in [6, 6.07) is 2.18. The normalized spacial score (nSPS) is 16.2. The highest BCUT2D eigenvalue weighted by Gasteiger charge is 2.29. The molecule has 0 amide bonds. The lowest BCUT2D eigenvalue weighted by atomic mass is 10.4. The summed E-state index contributed by atoms with van der Waals surface area (Å²) in [4.78, 5) is 0.384. The maximum Gasteiger partial charge on any atom is 0.244 e. The predicted molar refractivity (Wildman–Crippen MR) is 75.3 cm³/mol. The molecule has 0 aromatic carbocycles. The summed E-state index contributed by atoms with van der Waals surface area (Å²) in [7, 11) is -3.37. The summed E-state index contributed by atoms with van der Waals surface area (Å²) in [5.74, 6) is 0. The first-order valence-electron chi connectivity index (χ1n) is 6.95. The smallest absolute Gasteiger partial charge is 0.244 e. The number of nitrogens with two attached hydrogens (primary N) is 1. The minimum atomic E-state index is -3.37. The Balaban J connectivity index is 2.34. The molecule has 5 nitrogen and oxygen atoms in total. The fraction of sp³-hybridized carbons (Fsp3) is 0.692. The second kappa shape index (κ2) is 5.64. The number of hydrogen-bond donors (Lipinski definition) is 1. The molecule has 1 fully saturated rings. The molecule has 0 unspecified atom stereocenters. The number of hydrogen-bond acceptors (Lipinski definition) is 3. The van der Waals surface area contributed by atoms with Crippen LogP contribution in [0.2, 0.25) is 0 Å². The number of aromatic nitrogens is 1. The van der Waals surface area contributed by atoms with E-state index < -0.39 is 10.0 Å². The van der Waals surface area contributed by atoms with Gasteiger partial charge in [0.05, 0.1) is 0 Å². The van der Waals surface area contributed by atoms with E-state index in [9.17, 15) is 8.42 Å². The van der Waals surface area contributed by atoms with E-state index in [1.807, 2.05) is 18.4 Å². The maximum atomic E-state index is 12.5. The average Bonchev–Trinajstić information content (AvgIpc) is 3.14. The van der Waals surface area contributed by atoms with Gasteiger partial charge in [0.1, 0.15) is 4.90 Å². The van der Waals surface area contributed by atoms with Crippen LogP contribution in [-0.4, -0.2) is 30.4 Å². The maximum absolute atomic E-state index is 12.5. The van der Waals surface area contributed by atoms with Crippen LogP contribution in [0.15, 0.2) is 17.2 Å². The Bertz CT molecular complexity index is 532. The lowest BCUT2D eigenvalue weighted by Crippen LogP contribution is -2.31. The molecule has 1 aromatic heterocycles. The van der Waals surface area contributed by atoms with E-state index >= 15 is 0 Å². The van der Waals surface area contributed by atoms with Gasteiger partial charge in [-0.15, -0.1) is 0 Å². The molecule has 1 aliphatic rings. The van der Waals surface area contributed by atoms with Crippen molar-refractivity contribution in [2.75, 3.05) is 13.1 Å². The Labute approximate surface area is 115 Å². The fourth-order valence-electron chi connectivity index (χ4n) is 2.34. The quantitative estimate of drug-likeness (QED) is 0.829. The van der Waals surface area contributed by atoms with Gasteiger partial charge in [-0.3, -0.25) is 0 Å². The third-order valence-electron chi connectivity index (χ3n) is 3.52. The summed E-state index contributed by atoms with van der Waals surface area (Å²) in [5.41, 5.74) is 6.62. The second-order valence-electron chi connectivity index (χ2n) is 5.01. The molecule has 1 saturated carbocycles. The molecule has 2 N–H and O–H groups in total. The van der Waals surface area contributed by atoms with E-state index in [1.165, 1.54) is 4.31 Å². The van der Waals surface area contributed by atoms with Crippen LogP contribution in [0.3, 0.4) is 0 Å². The first-order valence-corrected chi connectivity index (χ1v) is 8.39. The molecule has 1 heterocycles. The number of sulfonamides is 1. The van der Waals surface area contributed by atoms with Gasteiger partial charge in [0, 0.05) is 37.6 Å². The van der Waals surface area contributed by atoms with Crippen LogP contribution in [0.5, 0.6) is 0 Å². The van der Waals surface area contributed by atoms with Gasteiger partial charge in [-0.1, -0.05) is 13.8 Å². The van der Waals surface area contributed by atoms with Crippen molar-refractivity contribution in [3.63, 3.8) is 0 Å². The monoisotopic (exact) mass is 285 g/mol. The van der Waals surface area contributed by atoms with Crippen LogP contribution < -0.4 is 5.73 Å². The van der Waals surface area contributed by atoms with Crippen molar-refractivity contribution >= 4 is 10.0 Å². The lowest BCUT2D eigenvalue weighted by Gasteiger charge is -2.18. The summed E-state index contributed by atoms with van der Waals surface area (Å²) >= 11 is 0. The van der Waals surface area contributed by atoms with Gasteiger partial charge in [-0.2, -0.15) is 4.31 Å². The molecule has 108 valence electrons. The number of rotatable bonds is 7. The average molecular weight is 285 g/mol. The van der Waals surface area contributed by atoms with Crippen molar-refractivity contribution in [2.45, 2.75) is 50.6 Å². The van der Waals surface area contributed by atoms with E-state index in [1.54, 1.807) is 12.3 Å². The molecule has 1 aromatic rings. The van der Waals surface area contributed by atoms with Crippen molar-refractivity contribution in [3.8, 4) is 0 Å². The molecule has 19 heavy (non-hydrogen) atoms. The van der Waals surface area contributed by atoms with E-state index in [0.717, 1.165) is 25.0 Å². The van der Waals surface area contributed by atoms with E-state index in [0.29, 0.717) is 30.6 Å². The zero-order chi connectivity index (χ0) is 14.0. The Morgan fingerprint density at radius 3 is 2.58 bits per heavy atom. The topological polar surface area (TPSA) is 68.3 Å². The molecule has 0 atom stereocenters. The van der Waals surface area contributed by atoms with Crippen molar-refractivity contribution in [2.24, 2.45) is 5.73 Å². The Hall–Kier alpha value is -0.850. The van der Waals surface area contributed by atoms with Crippen LogP contribution >= 0.6 is 0 Å². The number of nitrogens with zero attached hydrogens (tertiary/aromatic N) is 2. The second-order valence-corrected chi connectivity index (χ2v) is 6.94. The van der Waals surface area contributed by atoms with Crippen LogP contribution in [0, 0.1) is 0 Å². The van der Waals surface area contributed by atoms with Gasteiger partial charge >= 0.3 is 0 Å². The first kappa shape index (κ1) is 14.6. The molecule has 6 heteroatoms. The molecule has 0 saturated heterocycles. The Morgan fingerprint density at radius 1 is 1.42 bits per heavy atom. The third kappa shape index (κ3) is 2.85. The lowest BCUT2D eigenvalue weighted by molar-refractivity contribution is 0.427. The largest absolute Gasteiger partial charge is 0.346 e. The SMILES string of the molecule is CCCN(CC)S(=O)(=O)c1cc(CN)n(C2CC2)c1. The molecule has 0 spiro atoms. The van der Waals surface area contributed by atoms with E-state index in [4.69, 9.17) is 5.73 Å². The highest BCUT2D eigenvalue weighted by atomic mass is 32.2. The van der Waals surface area contributed by atoms with Gasteiger partial charge < -0.3 is 10.3 Å². The zero-order valence-electron chi connectivity index (χ0n) is 11.7. The highest BCUT2D eigenvalue weighted by molar-refractivity contribution is 7.89. The minimum absolute atomic E-state index is 0.381. The molecule has 1 aliphatic carbocycles. The summed E-state index contributed by atoms with van der Waals surface area (Å²) in [6.45, 7) is 5.30. The summed E-state index contributed by atoms with van der Waals surface area (Å²) < 4.78 is 28.7. The third-order valence-corrected chi connectivity index (χ3v) is 5.46. The first-order chi connectivity index (χ1) is 9.04. The molecule has 2 rings (SSSR count). The minimum Gasteiger partial charge on any atom is -0.346 e. The predicted octanol–water partition coefficient (Wildman–Crippen LogP) is 1.70. The zero-order valence-corrected chi connectivity index (χ0v) is 12.5. The molecule has 0 radical (unpaired) electrons.